The van der Waals surface area contributed by atoms with Crippen LogP contribution in [0.5, 0.6) is 5.75 Å². The van der Waals surface area contributed by atoms with Gasteiger partial charge in [-0.2, -0.15) is 0 Å². The summed E-state index contributed by atoms with van der Waals surface area (Å²) in [7, 11) is -2.33. The van der Waals surface area contributed by atoms with Crippen LogP contribution >= 0.6 is 0 Å². The molecule has 0 atom stereocenters. The molecule has 3 aromatic carbocycles. The second kappa shape index (κ2) is 10.3. The molecule has 1 amide bonds. The number of rotatable bonds is 9. The third-order valence-corrected chi connectivity index (χ3v) is 6.90. The molecule has 0 aromatic heterocycles. The van der Waals surface area contributed by atoms with Crippen molar-refractivity contribution in [2.75, 3.05) is 18.0 Å². The average molecular weight is 453 g/mol. The average Bonchev–Trinajstić information content (AvgIpc) is 2.82. The summed E-state index contributed by atoms with van der Waals surface area (Å²) >= 11 is 0. The molecule has 168 valence electrons. The van der Waals surface area contributed by atoms with Crippen molar-refractivity contribution in [2.45, 2.75) is 31.2 Å². The van der Waals surface area contributed by atoms with E-state index in [9.17, 15) is 13.2 Å². The number of benzene rings is 3. The lowest BCUT2D eigenvalue weighted by Crippen LogP contribution is -2.40. The van der Waals surface area contributed by atoms with Gasteiger partial charge in [-0.15, -0.1) is 0 Å². The molecule has 0 aliphatic rings. The number of hydrogen-bond donors (Lipinski definition) is 1. The highest BCUT2D eigenvalue weighted by Crippen LogP contribution is 2.25. The normalized spacial score (nSPS) is 11.2. The van der Waals surface area contributed by atoms with Crippen molar-refractivity contribution in [2.24, 2.45) is 0 Å². The van der Waals surface area contributed by atoms with Crippen LogP contribution in [0.4, 0.5) is 5.69 Å². The van der Waals surface area contributed by atoms with Crippen molar-refractivity contribution in [1.29, 1.82) is 0 Å². The van der Waals surface area contributed by atoms with Gasteiger partial charge in [-0.05, 0) is 53.4 Å². The van der Waals surface area contributed by atoms with E-state index in [1.165, 1.54) is 12.1 Å². The summed E-state index contributed by atoms with van der Waals surface area (Å²) in [5.41, 5.74) is 2.42. The Hall–Kier alpha value is -3.32. The second-order valence-corrected chi connectivity index (χ2v) is 9.56. The molecule has 7 heteroatoms. The zero-order valence-electron chi connectivity index (χ0n) is 18.5. The van der Waals surface area contributed by atoms with Crippen LogP contribution in [-0.4, -0.2) is 28.0 Å². The van der Waals surface area contributed by atoms with Crippen molar-refractivity contribution in [3.05, 3.63) is 90.0 Å². The van der Waals surface area contributed by atoms with E-state index in [0.29, 0.717) is 11.6 Å². The van der Waals surface area contributed by atoms with Crippen molar-refractivity contribution in [1.82, 2.24) is 5.32 Å². The third-order valence-electron chi connectivity index (χ3n) is 5.11. The number of nitrogens with one attached hydrogen (secondary N) is 1. The molecule has 3 aromatic rings. The molecular weight excluding hydrogens is 424 g/mol. The molecule has 0 bridgehead atoms. The summed E-state index contributed by atoms with van der Waals surface area (Å²) in [6, 6.07) is 22.7. The van der Waals surface area contributed by atoms with E-state index in [2.05, 4.69) is 19.2 Å². The van der Waals surface area contributed by atoms with E-state index in [1.807, 2.05) is 36.4 Å². The molecule has 3 rings (SSSR count). The number of methoxy groups -OCH3 is 1. The fourth-order valence-corrected chi connectivity index (χ4v) is 4.63. The molecule has 0 saturated heterocycles. The Kier molecular flexibility index (Phi) is 7.53. The highest BCUT2D eigenvalue weighted by molar-refractivity contribution is 7.92. The topological polar surface area (TPSA) is 75.7 Å². The summed E-state index contributed by atoms with van der Waals surface area (Å²) in [6.07, 6.45) is 0. The highest BCUT2D eigenvalue weighted by Gasteiger charge is 2.27. The lowest BCUT2D eigenvalue weighted by atomic mass is 10.0. The van der Waals surface area contributed by atoms with Gasteiger partial charge in [0, 0.05) is 6.54 Å². The molecule has 0 saturated carbocycles. The Morgan fingerprint density at radius 3 is 2.12 bits per heavy atom. The molecule has 0 fully saturated rings. The monoisotopic (exact) mass is 452 g/mol. The van der Waals surface area contributed by atoms with Crippen molar-refractivity contribution in [3.63, 3.8) is 0 Å². The lowest BCUT2D eigenvalue weighted by Gasteiger charge is -2.24. The smallest absolute Gasteiger partial charge is 0.264 e. The molecule has 0 spiro atoms. The van der Waals surface area contributed by atoms with Gasteiger partial charge in [0.05, 0.1) is 17.7 Å². The van der Waals surface area contributed by atoms with E-state index in [4.69, 9.17) is 4.74 Å². The van der Waals surface area contributed by atoms with Crippen LogP contribution in [0.15, 0.2) is 83.8 Å². The number of anilines is 1. The first-order valence-electron chi connectivity index (χ1n) is 10.4. The SMILES string of the molecule is COc1ccc(CNC(=O)CN(c2ccc(C(C)C)cc2)S(=O)(=O)c2ccccc2)cc1. The van der Waals surface area contributed by atoms with Crippen LogP contribution in [0, 0.1) is 0 Å². The predicted octanol–water partition coefficient (Wildman–Crippen LogP) is 4.33. The van der Waals surface area contributed by atoms with Gasteiger partial charge in [0.15, 0.2) is 0 Å². The number of hydrogen-bond acceptors (Lipinski definition) is 4. The van der Waals surface area contributed by atoms with E-state index >= 15 is 0 Å². The summed E-state index contributed by atoms with van der Waals surface area (Å²) in [5, 5.41) is 2.80. The number of sulfonamides is 1. The molecule has 0 aliphatic carbocycles. The Balaban J connectivity index is 1.82. The van der Waals surface area contributed by atoms with E-state index in [-0.39, 0.29) is 18.0 Å². The van der Waals surface area contributed by atoms with E-state index in [1.54, 1.807) is 37.4 Å². The summed E-state index contributed by atoms with van der Waals surface area (Å²) in [4.78, 5) is 12.9. The zero-order valence-corrected chi connectivity index (χ0v) is 19.3. The Morgan fingerprint density at radius 1 is 0.938 bits per heavy atom. The summed E-state index contributed by atoms with van der Waals surface area (Å²) < 4.78 is 33.0. The third kappa shape index (κ3) is 5.68. The Bertz CT molecular complexity index is 1130. The fourth-order valence-electron chi connectivity index (χ4n) is 3.19. The maximum Gasteiger partial charge on any atom is 0.264 e. The van der Waals surface area contributed by atoms with Crippen LogP contribution in [-0.2, 0) is 21.4 Å². The van der Waals surface area contributed by atoms with Crippen LogP contribution in [0.1, 0.15) is 30.9 Å². The summed E-state index contributed by atoms with van der Waals surface area (Å²) in [5.74, 6) is 0.648. The molecule has 32 heavy (non-hydrogen) atoms. The van der Waals surface area contributed by atoms with E-state index < -0.39 is 15.9 Å². The van der Waals surface area contributed by atoms with Crippen molar-refractivity contribution in [3.8, 4) is 5.75 Å². The van der Waals surface area contributed by atoms with Crippen LogP contribution in [0.25, 0.3) is 0 Å². The van der Waals surface area contributed by atoms with Gasteiger partial charge in [-0.1, -0.05) is 56.3 Å². The molecular formula is C25H28N2O4S. The number of carbonyl (C=O) groups is 1. The first kappa shape index (κ1) is 23.3. The molecule has 6 nitrogen and oxygen atoms in total. The first-order valence-corrected chi connectivity index (χ1v) is 11.8. The quantitative estimate of drug-likeness (QED) is 0.524. The van der Waals surface area contributed by atoms with Gasteiger partial charge in [0.1, 0.15) is 12.3 Å². The molecule has 0 heterocycles. The minimum Gasteiger partial charge on any atom is -0.497 e. The Morgan fingerprint density at radius 2 is 1.56 bits per heavy atom. The molecule has 0 unspecified atom stereocenters. The number of amides is 1. The molecule has 0 aliphatic heterocycles. The molecule has 1 N–H and O–H groups in total. The van der Waals surface area contributed by atoms with Crippen LogP contribution in [0.2, 0.25) is 0 Å². The van der Waals surface area contributed by atoms with Crippen molar-refractivity contribution < 1.29 is 17.9 Å². The van der Waals surface area contributed by atoms with Gasteiger partial charge < -0.3 is 10.1 Å². The minimum atomic E-state index is -3.92. The number of carbonyl (C=O) groups excluding carboxylic acids is 1. The fraction of sp³-hybridized carbons (Fsp3) is 0.240. The number of ether oxygens (including phenoxy) is 1. The van der Waals surface area contributed by atoms with Gasteiger partial charge in [0.25, 0.3) is 10.0 Å². The summed E-state index contributed by atoms with van der Waals surface area (Å²) in [6.45, 7) is 4.10. The van der Waals surface area contributed by atoms with Gasteiger partial charge in [0.2, 0.25) is 5.91 Å². The largest absolute Gasteiger partial charge is 0.497 e. The van der Waals surface area contributed by atoms with Gasteiger partial charge in [-0.3, -0.25) is 9.10 Å². The standard InChI is InChI=1S/C25H28N2O4S/c1-19(2)21-11-13-22(14-12-21)27(32(29,30)24-7-5-4-6-8-24)18-25(28)26-17-20-9-15-23(31-3)16-10-20/h4-16,19H,17-18H2,1-3H3,(H,26,28). The highest BCUT2D eigenvalue weighted by atomic mass is 32.2. The van der Waals surface area contributed by atoms with Gasteiger partial charge in [-0.25, -0.2) is 8.42 Å². The Labute approximate surface area is 189 Å². The maximum absolute atomic E-state index is 13.4. The van der Waals surface area contributed by atoms with Crippen LogP contribution in [0.3, 0.4) is 0 Å². The second-order valence-electron chi connectivity index (χ2n) is 7.70. The number of nitrogens with zero attached hydrogens (tertiary/aromatic N) is 1. The maximum atomic E-state index is 13.4. The lowest BCUT2D eigenvalue weighted by molar-refractivity contribution is -0.119. The van der Waals surface area contributed by atoms with Crippen molar-refractivity contribution >= 4 is 21.6 Å². The zero-order chi connectivity index (χ0) is 23.1. The first-order chi connectivity index (χ1) is 15.3. The van der Waals surface area contributed by atoms with Crippen LogP contribution < -0.4 is 14.4 Å². The predicted molar refractivity (Wildman–Crippen MR) is 126 cm³/mol. The minimum absolute atomic E-state index is 0.135. The van der Waals surface area contributed by atoms with E-state index in [0.717, 1.165) is 21.2 Å². The molecule has 0 radical (unpaired) electrons. The van der Waals surface area contributed by atoms with Gasteiger partial charge >= 0.3 is 0 Å².